The van der Waals surface area contributed by atoms with Crippen LogP contribution in [0.5, 0.6) is 0 Å². The maximum absolute atomic E-state index is 2.26. The van der Waals surface area contributed by atoms with Crippen molar-refractivity contribution in [2.45, 2.75) is 13.3 Å². The molecule has 0 amide bonds. The van der Waals surface area contributed by atoms with Gasteiger partial charge in [0.1, 0.15) is 9.52 Å². The van der Waals surface area contributed by atoms with Gasteiger partial charge in [0.05, 0.1) is 0 Å². The lowest BCUT2D eigenvalue weighted by atomic mass is 10.0. The van der Waals surface area contributed by atoms with Crippen LogP contribution in [0.2, 0.25) is 0 Å². The van der Waals surface area contributed by atoms with Crippen LogP contribution in [0.4, 0.5) is 0 Å². The molecule has 0 aromatic heterocycles. The Hall–Kier alpha value is -1.34. The van der Waals surface area contributed by atoms with E-state index < -0.39 is 0 Å². The van der Waals surface area contributed by atoms with Gasteiger partial charge in [-0.2, -0.15) is 0 Å². The van der Waals surface area contributed by atoms with Crippen molar-refractivity contribution in [2.24, 2.45) is 0 Å². The van der Waals surface area contributed by atoms with Crippen LogP contribution in [0.3, 0.4) is 0 Å². The summed E-state index contributed by atoms with van der Waals surface area (Å²) in [4.78, 5) is 0. The third-order valence-corrected chi connectivity index (χ3v) is 4.55. The molecule has 0 aliphatic carbocycles. The fraction of sp³-hybridized carbons (Fsp3) is 0.143. The zero-order valence-electron chi connectivity index (χ0n) is 8.75. The Morgan fingerprint density at radius 1 is 0.933 bits per heavy atom. The fourth-order valence-electron chi connectivity index (χ4n) is 2.23. The van der Waals surface area contributed by atoms with Gasteiger partial charge in [0.15, 0.2) is 0 Å². The average molecular weight is 208 g/mol. The summed E-state index contributed by atoms with van der Waals surface area (Å²) >= 11 is 0. The summed E-state index contributed by atoms with van der Waals surface area (Å²) in [6.45, 7) is 2.24. The van der Waals surface area contributed by atoms with E-state index in [1.807, 2.05) is 0 Å². The molecule has 2 aromatic rings. The molecule has 0 spiro atoms. The van der Waals surface area contributed by atoms with Gasteiger partial charge in [0, 0.05) is 0 Å². The van der Waals surface area contributed by atoms with Crippen LogP contribution in [0, 0.1) is 0 Å². The summed E-state index contributed by atoms with van der Waals surface area (Å²) < 4.78 is 0. The van der Waals surface area contributed by atoms with E-state index in [1.165, 1.54) is 21.9 Å². The molecule has 0 fully saturated rings. The first kappa shape index (κ1) is 8.92. The number of aryl methyl sites for hydroxylation is 1. The molecule has 3 rings (SSSR count). The number of rotatable bonds is 1. The van der Waals surface area contributed by atoms with Crippen molar-refractivity contribution in [1.82, 2.24) is 0 Å². The smallest absolute Gasteiger partial charge is 0.0625 e. The van der Waals surface area contributed by atoms with Gasteiger partial charge in [-0.3, -0.25) is 0 Å². The molecular formula is C14H12Si. The fourth-order valence-corrected chi connectivity index (χ4v) is 3.80. The Kier molecular flexibility index (Phi) is 1.99. The summed E-state index contributed by atoms with van der Waals surface area (Å²) in [5.74, 6) is 0. The number of hydrogen-bond acceptors (Lipinski definition) is 0. The second kappa shape index (κ2) is 3.35. The van der Waals surface area contributed by atoms with Gasteiger partial charge in [-0.15, -0.1) is 0 Å². The van der Waals surface area contributed by atoms with Crippen molar-refractivity contribution < 1.29 is 0 Å². The summed E-state index contributed by atoms with van der Waals surface area (Å²) in [5, 5.41) is 3.08. The van der Waals surface area contributed by atoms with Crippen molar-refractivity contribution in [3.8, 4) is 11.1 Å². The number of benzene rings is 2. The minimum absolute atomic E-state index is 0.856. The van der Waals surface area contributed by atoms with Gasteiger partial charge in [-0.05, 0) is 28.3 Å². The second-order valence-corrected chi connectivity index (χ2v) is 5.15. The third-order valence-electron chi connectivity index (χ3n) is 3.01. The molecule has 0 saturated carbocycles. The molecule has 1 heterocycles. The first-order chi connectivity index (χ1) is 7.40. The van der Waals surface area contributed by atoms with Gasteiger partial charge in [-0.1, -0.05) is 54.6 Å². The number of fused-ring (bicyclic) bond motifs is 3. The zero-order chi connectivity index (χ0) is 10.3. The van der Waals surface area contributed by atoms with E-state index >= 15 is 0 Å². The second-order valence-electron chi connectivity index (χ2n) is 3.86. The van der Waals surface area contributed by atoms with E-state index in [-0.39, 0.29) is 0 Å². The van der Waals surface area contributed by atoms with Crippen LogP contribution in [0.15, 0.2) is 42.5 Å². The summed E-state index contributed by atoms with van der Waals surface area (Å²) in [6, 6.07) is 15.5. The Balaban J connectivity index is 2.26. The topological polar surface area (TPSA) is 0 Å². The van der Waals surface area contributed by atoms with E-state index in [4.69, 9.17) is 0 Å². The molecule has 2 radical (unpaired) electrons. The molecular weight excluding hydrogens is 196 g/mol. The van der Waals surface area contributed by atoms with Crippen molar-refractivity contribution in [1.29, 1.82) is 0 Å². The van der Waals surface area contributed by atoms with Crippen LogP contribution in [0.25, 0.3) is 11.1 Å². The zero-order valence-corrected chi connectivity index (χ0v) is 9.75. The Morgan fingerprint density at radius 3 is 2.60 bits per heavy atom. The molecule has 0 atom stereocenters. The maximum atomic E-state index is 2.26. The van der Waals surface area contributed by atoms with Crippen molar-refractivity contribution in [3.05, 3.63) is 48.0 Å². The molecule has 0 N–H and O–H groups in total. The Morgan fingerprint density at radius 2 is 1.73 bits per heavy atom. The minimum Gasteiger partial charge on any atom is -0.0625 e. The van der Waals surface area contributed by atoms with E-state index in [0.29, 0.717) is 0 Å². The normalized spacial score (nSPS) is 12.3. The predicted octanol–water partition coefficient (Wildman–Crippen LogP) is 1.88. The molecule has 0 saturated heterocycles. The summed E-state index contributed by atoms with van der Waals surface area (Å²) in [6.07, 6.45) is 1.14. The molecule has 0 bridgehead atoms. The quantitative estimate of drug-likeness (QED) is 0.536. The summed E-state index contributed by atoms with van der Waals surface area (Å²) in [5.41, 5.74) is 4.42. The molecule has 72 valence electrons. The molecule has 1 aliphatic heterocycles. The van der Waals surface area contributed by atoms with Crippen LogP contribution in [-0.4, -0.2) is 9.52 Å². The minimum atomic E-state index is 0.856. The highest BCUT2D eigenvalue weighted by Gasteiger charge is 2.20. The summed E-state index contributed by atoms with van der Waals surface area (Å²) in [7, 11) is 0.856. The van der Waals surface area contributed by atoms with E-state index in [1.54, 1.807) is 5.19 Å². The molecule has 0 nitrogen and oxygen atoms in total. The van der Waals surface area contributed by atoms with Crippen LogP contribution < -0.4 is 10.4 Å². The van der Waals surface area contributed by atoms with E-state index in [0.717, 1.165) is 15.9 Å². The van der Waals surface area contributed by atoms with Crippen LogP contribution >= 0.6 is 0 Å². The first-order valence-electron chi connectivity index (χ1n) is 5.38. The molecule has 2 aromatic carbocycles. The van der Waals surface area contributed by atoms with Crippen molar-refractivity contribution >= 4 is 19.9 Å². The van der Waals surface area contributed by atoms with E-state index in [9.17, 15) is 0 Å². The molecule has 1 aliphatic rings. The molecule has 15 heavy (non-hydrogen) atoms. The average Bonchev–Trinajstić information content (AvgIpc) is 2.67. The highest BCUT2D eigenvalue weighted by atomic mass is 28.2. The van der Waals surface area contributed by atoms with Gasteiger partial charge in [-0.25, -0.2) is 0 Å². The lowest BCUT2D eigenvalue weighted by molar-refractivity contribution is 1.15. The first-order valence-corrected chi connectivity index (χ1v) is 6.38. The standard InChI is InChI=1S/C14H12Si/c1-2-10-6-5-8-12-11-7-3-4-9-13(11)15-14(10)12/h3-9H,2H2,1H3. The largest absolute Gasteiger partial charge is 0.123 e. The van der Waals surface area contributed by atoms with E-state index in [2.05, 4.69) is 49.4 Å². The van der Waals surface area contributed by atoms with Gasteiger partial charge in [0.25, 0.3) is 0 Å². The monoisotopic (exact) mass is 208 g/mol. The predicted molar refractivity (Wildman–Crippen MR) is 66.3 cm³/mol. The lowest BCUT2D eigenvalue weighted by Crippen LogP contribution is -2.23. The highest BCUT2D eigenvalue weighted by Crippen LogP contribution is 2.21. The molecule has 0 unspecified atom stereocenters. The SMILES string of the molecule is CCc1cccc2c1[Si]c1ccccc1-2. The number of hydrogen-bond donors (Lipinski definition) is 0. The van der Waals surface area contributed by atoms with Gasteiger partial charge >= 0.3 is 0 Å². The lowest BCUT2D eigenvalue weighted by Gasteiger charge is -2.05. The third kappa shape index (κ3) is 1.27. The Labute approximate surface area is 92.8 Å². The van der Waals surface area contributed by atoms with Gasteiger partial charge in [0.2, 0.25) is 0 Å². The Bertz CT molecular complexity index is 514. The van der Waals surface area contributed by atoms with Crippen molar-refractivity contribution in [2.75, 3.05) is 0 Å². The van der Waals surface area contributed by atoms with Gasteiger partial charge < -0.3 is 0 Å². The van der Waals surface area contributed by atoms with Crippen LogP contribution in [0.1, 0.15) is 12.5 Å². The molecule has 1 heteroatoms. The highest BCUT2D eigenvalue weighted by molar-refractivity contribution is 6.73. The van der Waals surface area contributed by atoms with Crippen LogP contribution in [-0.2, 0) is 6.42 Å². The maximum Gasteiger partial charge on any atom is 0.123 e. The van der Waals surface area contributed by atoms with Crippen molar-refractivity contribution in [3.63, 3.8) is 0 Å².